The van der Waals surface area contributed by atoms with Gasteiger partial charge in [-0.2, -0.15) is 0 Å². The van der Waals surface area contributed by atoms with Crippen molar-refractivity contribution in [3.05, 3.63) is 15.6 Å². The molecule has 1 aliphatic carbocycles. The van der Waals surface area contributed by atoms with Gasteiger partial charge < -0.3 is 0 Å². The summed E-state index contributed by atoms with van der Waals surface area (Å²) in [6.45, 7) is 3.62. The van der Waals surface area contributed by atoms with E-state index < -0.39 is 0 Å². The highest BCUT2D eigenvalue weighted by molar-refractivity contribution is 7.13. The molecular weight excluding hydrogens is 226 g/mol. The monoisotopic (exact) mass is 239 g/mol. The number of carbonyl (C=O) groups excluding carboxylic acids is 2. The molecule has 0 saturated heterocycles. The van der Waals surface area contributed by atoms with Crippen molar-refractivity contribution in [2.24, 2.45) is 5.92 Å². The first-order valence-electron chi connectivity index (χ1n) is 5.12. The smallest absolute Gasteiger partial charge is 0.273 e. The standard InChI is InChI=1S/C10H13N3O2S/c1-5-8(16-6(2)11-5)10(15)13-12-9(14)7-3-4-7/h7H,3-4H2,1-2H3,(H,12,14)(H,13,15). The van der Waals surface area contributed by atoms with E-state index in [2.05, 4.69) is 15.8 Å². The lowest BCUT2D eigenvalue weighted by atomic mass is 10.4. The topological polar surface area (TPSA) is 71.1 Å². The maximum Gasteiger partial charge on any atom is 0.281 e. The minimum Gasteiger partial charge on any atom is -0.273 e. The number of rotatable bonds is 2. The quantitative estimate of drug-likeness (QED) is 0.754. The molecule has 1 aromatic rings. The van der Waals surface area contributed by atoms with Gasteiger partial charge in [0.2, 0.25) is 5.91 Å². The number of hydrogen-bond acceptors (Lipinski definition) is 4. The highest BCUT2D eigenvalue weighted by atomic mass is 32.1. The molecule has 86 valence electrons. The van der Waals surface area contributed by atoms with Crippen LogP contribution >= 0.6 is 11.3 Å². The van der Waals surface area contributed by atoms with E-state index >= 15 is 0 Å². The average Bonchev–Trinajstić information content (AvgIpc) is 3.01. The molecule has 2 rings (SSSR count). The average molecular weight is 239 g/mol. The van der Waals surface area contributed by atoms with Gasteiger partial charge in [-0.25, -0.2) is 4.98 Å². The molecule has 1 saturated carbocycles. The minimum absolute atomic E-state index is 0.0876. The largest absolute Gasteiger partial charge is 0.281 e. The second-order valence-electron chi connectivity index (χ2n) is 3.87. The molecule has 0 atom stereocenters. The lowest BCUT2D eigenvalue weighted by molar-refractivity contribution is -0.123. The van der Waals surface area contributed by atoms with E-state index in [0.717, 1.165) is 17.8 Å². The molecule has 2 amide bonds. The van der Waals surface area contributed by atoms with E-state index in [0.29, 0.717) is 10.6 Å². The van der Waals surface area contributed by atoms with Gasteiger partial charge in [-0.1, -0.05) is 0 Å². The highest BCUT2D eigenvalue weighted by Gasteiger charge is 2.30. The van der Waals surface area contributed by atoms with Gasteiger partial charge in [-0.3, -0.25) is 20.4 Å². The Kier molecular flexibility index (Phi) is 2.91. The van der Waals surface area contributed by atoms with Crippen LogP contribution in [0.5, 0.6) is 0 Å². The molecule has 1 aromatic heterocycles. The fraction of sp³-hybridized carbons (Fsp3) is 0.500. The van der Waals surface area contributed by atoms with E-state index in [4.69, 9.17) is 0 Å². The number of amides is 2. The minimum atomic E-state index is -0.294. The Labute approximate surface area is 97.2 Å². The number of thiazole rings is 1. The fourth-order valence-corrected chi connectivity index (χ4v) is 2.18. The summed E-state index contributed by atoms with van der Waals surface area (Å²) in [5.74, 6) is -0.311. The first kappa shape index (κ1) is 11.1. The third kappa shape index (κ3) is 2.38. The Hall–Kier alpha value is -1.43. The van der Waals surface area contributed by atoms with Crippen LogP contribution in [0.2, 0.25) is 0 Å². The molecule has 5 nitrogen and oxygen atoms in total. The Morgan fingerprint density at radius 3 is 2.50 bits per heavy atom. The van der Waals surface area contributed by atoms with Crippen LogP contribution in [-0.2, 0) is 4.79 Å². The third-order valence-corrected chi connectivity index (χ3v) is 3.43. The number of aromatic nitrogens is 1. The lowest BCUT2D eigenvalue weighted by Gasteiger charge is -2.05. The van der Waals surface area contributed by atoms with Crippen molar-refractivity contribution >= 4 is 23.2 Å². The molecule has 16 heavy (non-hydrogen) atoms. The van der Waals surface area contributed by atoms with E-state index in [1.165, 1.54) is 11.3 Å². The molecule has 0 spiro atoms. The lowest BCUT2D eigenvalue weighted by Crippen LogP contribution is -2.42. The summed E-state index contributed by atoms with van der Waals surface area (Å²) in [6.07, 6.45) is 1.83. The van der Waals surface area contributed by atoms with Crippen molar-refractivity contribution in [2.75, 3.05) is 0 Å². The van der Waals surface area contributed by atoms with Crippen molar-refractivity contribution in [2.45, 2.75) is 26.7 Å². The van der Waals surface area contributed by atoms with Crippen molar-refractivity contribution in [1.82, 2.24) is 15.8 Å². The second-order valence-corrected chi connectivity index (χ2v) is 5.07. The number of nitrogens with one attached hydrogen (secondary N) is 2. The van der Waals surface area contributed by atoms with Crippen LogP contribution in [0.15, 0.2) is 0 Å². The van der Waals surface area contributed by atoms with Crippen LogP contribution in [0.25, 0.3) is 0 Å². The van der Waals surface area contributed by atoms with Gasteiger partial charge >= 0.3 is 0 Å². The molecule has 0 aliphatic heterocycles. The molecule has 0 aromatic carbocycles. The molecule has 0 radical (unpaired) electrons. The Morgan fingerprint density at radius 1 is 1.31 bits per heavy atom. The van der Waals surface area contributed by atoms with Crippen LogP contribution in [0.1, 0.15) is 33.2 Å². The number of carbonyl (C=O) groups is 2. The van der Waals surface area contributed by atoms with Gasteiger partial charge in [0.05, 0.1) is 10.7 Å². The number of hydrogen-bond donors (Lipinski definition) is 2. The third-order valence-electron chi connectivity index (χ3n) is 2.36. The number of hydrazine groups is 1. The zero-order valence-corrected chi connectivity index (χ0v) is 9.98. The second kappa shape index (κ2) is 4.21. The summed E-state index contributed by atoms with van der Waals surface area (Å²) in [5, 5.41) is 0.844. The van der Waals surface area contributed by atoms with Crippen LogP contribution in [0, 0.1) is 19.8 Å². The first-order valence-corrected chi connectivity index (χ1v) is 5.94. The molecule has 1 fully saturated rings. The normalized spacial score (nSPS) is 14.6. The zero-order valence-electron chi connectivity index (χ0n) is 9.16. The van der Waals surface area contributed by atoms with Crippen LogP contribution < -0.4 is 10.9 Å². The summed E-state index contributed by atoms with van der Waals surface area (Å²) in [4.78, 5) is 27.7. The van der Waals surface area contributed by atoms with E-state index in [1.807, 2.05) is 6.92 Å². The van der Waals surface area contributed by atoms with E-state index in [-0.39, 0.29) is 17.7 Å². The molecule has 1 heterocycles. The van der Waals surface area contributed by atoms with E-state index in [9.17, 15) is 9.59 Å². The molecule has 1 aliphatic rings. The molecule has 0 bridgehead atoms. The van der Waals surface area contributed by atoms with Crippen LogP contribution in [0.4, 0.5) is 0 Å². The van der Waals surface area contributed by atoms with Crippen molar-refractivity contribution in [1.29, 1.82) is 0 Å². The molecule has 0 unspecified atom stereocenters. The summed E-state index contributed by atoms with van der Waals surface area (Å²) >= 11 is 1.32. The highest BCUT2D eigenvalue weighted by Crippen LogP contribution is 2.28. The van der Waals surface area contributed by atoms with Crippen molar-refractivity contribution in [3.63, 3.8) is 0 Å². The SMILES string of the molecule is Cc1nc(C)c(C(=O)NNC(=O)C2CC2)s1. The Balaban J connectivity index is 1.92. The molecular formula is C10H13N3O2S. The van der Waals surface area contributed by atoms with Gasteiger partial charge in [-0.15, -0.1) is 11.3 Å². The maximum atomic E-state index is 11.7. The molecule has 2 N–H and O–H groups in total. The van der Waals surface area contributed by atoms with Gasteiger partial charge in [0, 0.05) is 5.92 Å². The number of aryl methyl sites for hydroxylation is 2. The molecule has 6 heteroatoms. The van der Waals surface area contributed by atoms with Gasteiger partial charge in [0.1, 0.15) is 4.88 Å². The summed E-state index contributed by atoms with van der Waals surface area (Å²) in [5.41, 5.74) is 5.52. The summed E-state index contributed by atoms with van der Waals surface area (Å²) in [7, 11) is 0. The van der Waals surface area contributed by atoms with Gasteiger partial charge in [0.15, 0.2) is 0 Å². The van der Waals surface area contributed by atoms with Crippen LogP contribution in [0.3, 0.4) is 0 Å². The predicted octanol–water partition coefficient (Wildman–Crippen LogP) is 0.931. The fourth-order valence-electron chi connectivity index (χ4n) is 1.36. The van der Waals surface area contributed by atoms with Crippen LogP contribution in [-0.4, -0.2) is 16.8 Å². The van der Waals surface area contributed by atoms with Crippen molar-refractivity contribution < 1.29 is 9.59 Å². The summed E-state index contributed by atoms with van der Waals surface area (Å²) < 4.78 is 0. The Morgan fingerprint density at radius 2 is 2.00 bits per heavy atom. The summed E-state index contributed by atoms with van der Waals surface area (Å²) in [6, 6.07) is 0. The number of nitrogens with zero attached hydrogens (tertiary/aromatic N) is 1. The van der Waals surface area contributed by atoms with Gasteiger partial charge in [0.25, 0.3) is 5.91 Å². The van der Waals surface area contributed by atoms with Gasteiger partial charge in [-0.05, 0) is 26.7 Å². The zero-order chi connectivity index (χ0) is 11.7. The van der Waals surface area contributed by atoms with E-state index in [1.54, 1.807) is 6.92 Å². The predicted molar refractivity (Wildman–Crippen MR) is 59.9 cm³/mol. The maximum absolute atomic E-state index is 11.7. The first-order chi connectivity index (χ1) is 7.58. The van der Waals surface area contributed by atoms with Crippen molar-refractivity contribution in [3.8, 4) is 0 Å². The Bertz CT molecular complexity index is 437.